The van der Waals surface area contributed by atoms with E-state index in [1.54, 1.807) is 0 Å². The molecule has 0 unspecified atom stereocenters. The molecule has 28 heavy (non-hydrogen) atoms. The summed E-state index contributed by atoms with van der Waals surface area (Å²) in [7, 11) is 0. The third-order valence-corrected chi connectivity index (χ3v) is 5.67. The smallest absolute Gasteiger partial charge is 0.330 e. The van der Waals surface area contributed by atoms with Crippen molar-refractivity contribution in [1.82, 2.24) is 4.90 Å². The van der Waals surface area contributed by atoms with E-state index in [4.69, 9.17) is 4.74 Å². The van der Waals surface area contributed by atoms with Crippen molar-refractivity contribution in [3.05, 3.63) is 12.7 Å². The zero-order valence-electron chi connectivity index (χ0n) is 19.2. The van der Waals surface area contributed by atoms with Gasteiger partial charge in [0, 0.05) is 6.08 Å². The van der Waals surface area contributed by atoms with Crippen LogP contribution >= 0.6 is 0 Å². The standard InChI is InChI=1S/C25H49NO2/c1-4-25(27)28-24-22-20-18-16-14-12-10-8-7-9-11-13-15-17-19-21-23-26(5-2)6-3/h4H,1,5-24H2,2-3H3. The molecule has 0 aromatic rings. The summed E-state index contributed by atoms with van der Waals surface area (Å²) in [5.41, 5.74) is 0. The molecule has 0 aliphatic carbocycles. The zero-order valence-corrected chi connectivity index (χ0v) is 19.2. The molecular formula is C25H49NO2. The van der Waals surface area contributed by atoms with Gasteiger partial charge in [0.2, 0.25) is 0 Å². The van der Waals surface area contributed by atoms with Gasteiger partial charge in [-0.2, -0.15) is 0 Å². The Morgan fingerprint density at radius 1 is 0.679 bits per heavy atom. The Morgan fingerprint density at radius 3 is 1.39 bits per heavy atom. The van der Waals surface area contributed by atoms with Crippen molar-refractivity contribution in [3.8, 4) is 0 Å². The molecule has 0 radical (unpaired) electrons. The molecular weight excluding hydrogens is 346 g/mol. The summed E-state index contributed by atoms with van der Waals surface area (Å²) >= 11 is 0. The molecule has 0 amide bonds. The maximum absolute atomic E-state index is 10.9. The normalized spacial score (nSPS) is 11.1. The van der Waals surface area contributed by atoms with Crippen molar-refractivity contribution in [3.63, 3.8) is 0 Å². The molecule has 0 rings (SSSR count). The monoisotopic (exact) mass is 395 g/mol. The van der Waals surface area contributed by atoms with Crippen LogP contribution in [0, 0.1) is 0 Å². The van der Waals surface area contributed by atoms with Crippen LogP contribution in [-0.2, 0) is 9.53 Å². The molecule has 0 saturated carbocycles. The minimum Gasteiger partial charge on any atom is -0.463 e. The lowest BCUT2D eigenvalue weighted by molar-refractivity contribution is -0.137. The molecule has 0 heterocycles. The number of hydrogen-bond acceptors (Lipinski definition) is 3. The Labute approximate surface area is 176 Å². The van der Waals surface area contributed by atoms with E-state index in [2.05, 4.69) is 25.3 Å². The quantitative estimate of drug-likeness (QED) is 0.109. The molecule has 166 valence electrons. The van der Waals surface area contributed by atoms with E-state index in [1.165, 1.54) is 122 Å². The number of carbonyl (C=O) groups is 1. The molecule has 0 saturated heterocycles. The predicted octanol–water partition coefficient (Wildman–Crippen LogP) is 7.30. The summed E-state index contributed by atoms with van der Waals surface area (Å²) in [6.07, 6.45) is 22.9. The Kier molecular flexibility index (Phi) is 21.8. The molecule has 0 N–H and O–H groups in total. The van der Waals surface area contributed by atoms with E-state index in [0.29, 0.717) is 6.61 Å². The fourth-order valence-electron chi connectivity index (χ4n) is 3.68. The number of carbonyl (C=O) groups excluding carboxylic acids is 1. The molecule has 0 bridgehead atoms. The zero-order chi connectivity index (χ0) is 20.7. The van der Waals surface area contributed by atoms with Crippen LogP contribution in [0.2, 0.25) is 0 Å². The molecule has 0 aromatic heterocycles. The highest BCUT2D eigenvalue weighted by Gasteiger charge is 1.99. The van der Waals surface area contributed by atoms with Crippen LogP contribution in [0.4, 0.5) is 0 Å². The van der Waals surface area contributed by atoms with Gasteiger partial charge in [0.25, 0.3) is 0 Å². The van der Waals surface area contributed by atoms with Crippen LogP contribution in [0.1, 0.15) is 117 Å². The highest BCUT2D eigenvalue weighted by Crippen LogP contribution is 2.14. The minimum atomic E-state index is -0.300. The fraction of sp³-hybridized carbons (Fsp3) is 0.880. The van der Waals surface area contributed by atoms with Crippen LogP contribution in [0.15, 0.2) is 12.7 Å². The van der Waals surface area contributed by atoms with Gasteiger partial charge in [0.1, 0.15) is 0 Å². The molecule has 3 heteroatoms. The number of hydrogen-bond donors (Lipinski definition) is 0. The first kappa shape index (κ1) is 27.2. The fourth-order valence-corrected chi connectivity index (χ4v) is 3.68. The van der Waals surface area contributed by atoms with Crippen LogP contribution in [0.25, 0.3) is 0 Å². The lowest BCUT2D eigenvalue weighted by Gasteiger charge is -2.17. The van der Waals surface area contributed by atoms with Gasteiger partial charge in [-0.15, -0.1) is 0 Å². The Balaban J connectivity index is 3.08. The van der Waals surface area contributed by atoms with Crippen LogP contribution in [-0.4, -0.2) is 37.1 Å². The third kappa shape index (κ3) is 19.9. The molecule has 0 atom stereocenters. The number of nitrogens with zero attached hydrogens (tertiary/aromatic N) is 1. The molecule has 0 fully saturated rings. The van der Waals surface area contributed by atoms with E-state index >= 15 is 0 Å². The Hall–Kier alpha value is -0.830. The van der Waals surface area contributed by atoms with Gasteiger partial charge >= 0.3 is 5.97 Å². The van der Waals surface area contributed by atoms with E-state index in [9.17, 15) is 4.79 Å². The second kappa shape index (κ2) is 22.5. The van der Waals surface area contributed by atoms with E-state index in [-0.39, 0.29) is 5.97 Å². The molecule has 0 aromatic carbocycles. The van der Waals surface area contributed by atoms with Crippen molar-refractivity contribution < 1.29 is 9.53 Å². The summed E-state index contributed by atoms with van der Waals surface area (Å²) in [5, 5.41) is 0. The second-order valence-corrected chi connectivity index (χ2v) is 8.06. The molecule has 3 nitrogen and oxygen atoms in total. The maximum atomic E-state index is 10.9. The van der Waals surface area contributed by atoms with Gasteiger partial charge in [-0.3, -0.25) is 0 Å². The van der Waals surface area contributed by atoms with Crippen LogP contribution in [0.5, 0.6) is 0 Å². The summed E-state index contributed by atoms with van der Waals surface area (Å²) < 4.78 is 4.97. The number of esters is 1. The van der Waals surface area contributed by atoms with Crippen molar-refractivity contribution in [2.75, 3.05) is 26.2 Å². The van der Waals surface area contributed by atoms with Gasteiger partial charge < -0.3 is 9.64 Å². The Bertz CT molecular complexity index is 339. The lowest BCUT2D eigenvalue weighted by Crippen LogP contribution is -2.23. The SMILES string of the molecule is C=CC(=O)OCCCCCCCCCCCCCCCCCCN(CC)CC. The van der Waals surface area contributed by atoms with E-state index < -0.39 is 0 Å². The number of ether oxygens (including phenoxy) is 1. The number of rotatable bonds is 22. The maximum Gasteiger partial charge on any atom is 0.330 e. The van der Waals surface area contributed by atoms with Crippen molar-refractivity contribution in [2.24, 2.45) is 0 Å². The third-order valence-electron chi connectivity index (χ3n) is 5.67. The van der Waals surface area contributed by atoms with Gasteiger partial charge in [0.05, 0.1) is 6.61 Å². The summed E-state index contributed by atoms with van der Waals surface area (Å²) in [4.78, 5) is 13.4. The summed E-state index contributed by atoms with van der Waals surface area (Å²) in [5.74, 6) is -0.300. The minimum absolute atomic E-state index is 0.300. The molecule has 0 aliphatic rings. The van der Waals surface area contributed by atoms with E-state index in [1.807, 2.05) is 0 Å². The van der Waals surface area contributed by atoms with Gasteiger partial charge in [-0.1, -0.05) is 110 Å². The first-order valence-corrected chi connectivity index (χ1v) is 12.3. The van der Waals surface area contributed by atoms with Crippen molar-refractivity contribution in [1.29, 1.82) is 0 Å². The topological polar surface area (TPSA) is 29.5 Å². The summed E-state index contributed by atoms with van der Waals surface area (Å²) in [6.45, 7) is 12.1. The second-order valence-electron chi connectivity index (χ2n) is 8.06. The van der Waals surface area contributed by atoms with Gasteiger partial charge in [0.15, 0.2) is 0 Å². The molecule has 0 aliphatic heterocycles. The first-order valence-electron chi connectivity index (χ1n) is 12.3. The summed E-state index contributed by atoms with van der Waals surface area (Å²) in [6, 6.07) is 0. The largest absolute Gasteiger partial charge is 0.463 e. The Morgan fingerprint density at radius 2 is 1.04 bits per heavy atom. The van der Waals surface area contributed by atoms with Gasteiger partial charge in [-0.25, -0.2) is 4.79 Å². The molecule has 0 spiro atoms. The van der Waals surface area contributed by atoms with Crippen LogP contribution < -0.4 is 0 Å². The van der Waals surface area contributed by atoms with Crippen molar-refractivity contribution >= 4 is 5.97 Å². The average molecular weight is 396 g/mol. The lowest BCUT2D eigenvalue weighted by atomic mass is 10.0. The first-order chi connectivity index (χ1) is 13.7. The van der Waals surface area contributed by atoms with E-state index in [0.717, 1.165) is 6.42 Å². The predicted molar refractivity (Wildman–Crippen MR) is 123 cm³/mol. The highest BCUT2D eigenvalue weighted by molar-refractivity contribution is 5.81. The average Bonchev–Trinajstić information content (AvgIpc) is 2.72. The van der Waals surface area contributed by atoms with Crippen molar-refractivity contribution in [2.45, 2.75) is 117 Å². The number of unbranched alkanes of at least 4 members (excludes halogenated alkanes) is 15. The van der Waals surface area contributed by atoms with Gasteiger partial charge in [-0.05, 0) is 32.5 Å². The van der Waals surface area contributed by atoms with Crippen LogP contribution in [0.3, 0.4) is 0 Å². The highest BCUT2D eigenvalue weighted by atomic mass is 16.5.